The molecule has 4 aliphatic heterocycles. The Morgan fingerprint density at radius 1 is 1.02 bits per heavy atom. The Balaban J connectivity index is 1.28. The van der Waals surface area contributed by atoms with Gasteiger partial charge in [0.2, 0.25) is 0 Å². The van der Waals surface area contributed by atoms with Gasteiger partial charge < -0.3 is 14.4 Å². The van der Waals surface area contributed by atoms with E-state index in [-0.39, 0.29) is 46.2 Å². The molecule has 4 saturated heterocycles. The minimum atomic E-state index is -4.70. The number of amides is 1. The van der Waals surface area contributed by atoms with E-state index in [1.54, 1.807) is 4.90 Å². The molecule has 0 aliphatic carbocycles. The number of halogens is 4. The van der Waals surface area contributed by atoms with Gasteiger partial charge in [-0.1, -0.05) is 18.2 Å². The van der Waals surface area contributed by atoms with Gasteiger partial charge in [0.25, 0.3) is 0 Å². The average molecular weight is 643 g/mol. The second-order valence-electron chi connectivity index (χ2n) is 13.9. The van der Waals surface area contributed by atoms with Crippen molar-refractivity contribution in [1.82, 2.24) is 24.8 Å². The van der Waals surface area contributed by atoms with E-state index in [9.17, 15) is 18.0 Å². The lowest BCUT2D eigenvalue weighted by Crippen LogP contribution is -2.57. The summed E-state index contributed by atoms with van der Waals surface area (Å²) in [6.45, 7) is 8.66. The fraction of sp³-hybridized carbons (Fsp3) is 0.576. The predicted molar refractivity (Wildman–Crippen MR) is 163 cm³/mol. The molecular formula is C33H38F4N6O3. The van der Waals surface area contributed by atoms with Crippen molar-refractivity contribution in [2.24, 2.45) is 0 Å². The Morgan fingerprint density at radius 2 is 1.70 bits per heavy atom. The summed E-state index contributed by atoms with van der Waals surface area (Å²) in [5.41, 5.74) is -2.71. The van der Waals surface area contributed by atoms with Crippen molar-refractivity contribution >= 4 is 22.8 Å². The zero-order valence-electron chi connectivity index (χ0n) is 26.2. The largest absolute Gasteiger partial charge is 0.461 e. The van der Waals surface area contributed by atoms with E-state index in [0.717, 1.165) is 57.7 Å². The van der Waals surface area contributed by atoms with E-state index in [0.29, 0.717) is 25.5 Å². The maximum Gasteiger partial charge on any atom is 0.417 e. The summed E-state index contributed by atoms with van der Waals surface area (Å²) in [5, 5.41) is 0.268. The van der Waals surface area contributed by atoms with Gasteiger partial charge in [0.05, 0.1) is 28.6 Å². The van der Waals surface area contributed by atoms with Crippen LogP contribution in [0.2, 0.25) is 0 Å². The number of hydrogen-bond acceptors (Lipinski definition) is 8. The summed E-state index contributed by atoms with van der Waals surface area (Å²) < 4.78 is 70.1. The van der Waals surface area contributed by atoms with Crippen molar-refractivity contribution in [2.75, 3.05) is 37.7 Å². The number of nitrogens with zero attached hydrogens (tertiary/aromatic N) is 6. The number of rotatable bonds is 5. The van der Waals surface area contributed by atoms with Gasteiger partial charge in [0.15, 0.2) is 5.82 Å². The first kappa shape index (κ1) is 30.9. The van der Waals surface area contributed by atoms with Crippen molar-refractivity contribution in [2.45, 2.75) is 88.7 Å². The van der Waals surface area contributed by atoms with Crippen LogP contribution in [0.25, 0.3) is 22.2 Å². The second kappa shape index (κ2) is 11.2. The smallest absolute Gasteiger partial charge is 0.417 e. The molecule has 13 heteroatoms. The number of benzene rings is 1. The summed E-state index contributed by atoms with van der Waals surface area (Å²) >= 11 is 0. The van der Waals surface area contributed by atoms with E-state index >= 15 is 4.39 Å². The average Bonchev–Trinajstić information content (AvgIpc) is 3.65. The van der Waals surface area contributed by atoms with Crippen LogP contribution in [0.1, 0.15) is 64.9 Å². The number of fused-ring (bicyclic) bond motifs is 4. The summed E-state index contributed by atoms with van der Waals surface area (Å²) in [5.74, 6) is -0.588. The Kier molecular flexibility index (Phi) is 7.52. The van der Waals surface area contributed by atoms with Crippen LogP contribution < -0.4 is 9.64 Å². The molecule has 6 heterocycles. The van der Waals surface area contributed by atoms with E-state index in [1.807, 2.05) is 25.7 Å². The summed E-state index contributed by atoms with van der Waals surface area (Å²) in [6, 6.07) is 4.47. The van der Waals surface area contributed by atoms with Gasteiger partial charge in [-0.3, -0.25) is 14.8 Å². The Morgan fingerprint density at radius 3 is 2.35 bits per heavy atom. The maximum absolute atomic E-state index is 16.4. The van der Waals surface area contributed by atoms with Crippen molar-refractivity contribution in [1.29, 1.82) is 0 Å². The number of piperazine rings is 1. The number of anilines is 1. The number of ether oxygens (including phenoxy) is 2. The molecule has 3 aromatic rings. The molecule has 0 unspecified atom stereocenters. The first-order chi connectivity index (χ1) is 21.8. The lowest BCUT2D eigenvalue weighted by atomic mass is 9.95. The van der Waals surface area contributed by atoms with Crippen LogP contribution in [0, 0.1) is 5.82 Å². The molecule has 2 aromatic heterocycles. The molecule has 1 aromatic carbocycles. The molecule has 2 atom stereocenters. The van der Waals surface area contributed by atoms with Crippen LogP contribution in [0.5, 0.6) is 6.01 Å². The molecule has 2 bridgehead atoms. The van der Waals surface area contributed by atoms with Gasteiger partial charge in [0.1, 0.15) is 29.2 Å². The van der Waals surface area contributed by atoms with Crippen LogP contribution in [-0.4, -0.2) is 86.9 Å². The highest BCUT2D eigenvalue weighted by molar-refractivity contribution is 5.92. The normalized spacial score (nSPS) is 22.8. The van der Waals surface area contributed by atoms with E-state index in [1.165, 1.54) is 24.4 Å². The lowest BCUT2D eigenvalue weighted by molar-refractivity contribution is -0.137. The quantitative estimate of drug-likeness (QED) is 0.294. The highest BCUT2D eigenvalue weighted by Gasteiger charge is 2.47. The molecule has 1 amide bonds. The molecule has 0 saturated carbocycles. The molecule has 0 radical (unpaired) electrons. The molecule has 46 heavy (non-hydrogen) atoms. The highest BCUT2D eigenvalue weighted by Crippen LogP contribution is 2.42. The highest BCUT2D eigenvalue weighted by atomic mass is 19.4. The standard InChI is InChI=1S/C33H38F4N6O3/c1-31(2,3)46-30(44)43-20-10-11-21(43)18-41(17-20)28-23-16-38-26(22-8-4-5-9-24(22)33(35,36)37)25(34)27(23)39-29(40-28)45-19-32-12-6-14-42(32)15-7-13-32/h4-5,8-9,16,20-21H,6-7,10-15,17-19H2,1-3H3/t20-,21+. The van der Waals surface area contributed by atoms with Crippen molar-refractivity contribution in [3.63, 3.8) is 0 Å². The van der Waals surface area contributed by atoms with Gasteiger partial charge in [-0.05, 0) is 78.5 Å². The fourth-order valence-corrected chi connectivity index (χ4v) is 7.80. The van der Waals surface area contributed by atoms with Crippen molar-refractivity contribution in [3.8, 4) is 17.3 Å². The maximum atomic E-state index is 16.4. The SMILES string of the molecule is CC(C)(C)OC(=O)N1[C@@H]2CC[C@H]1CN(c1nc(OCC34CCCN3CCC4)nc3c(F)c(-c4ccccc4C(F)(F)F)ncc13)C2. The first-order valence-corrected chi connectivity index (χ1v) is 16.0. The van der Waals surface area contributed by atoms with Crippen LogP contribution in [0.3, 0.4) is 0 Å². The second-order valence-corrected chi connectivity index (χ2v) is 13.9. The van der Waals surface area contributed by atoms with Crippen molar-refractivity contribution < 1.29 is 31.8 Å². The number of alkyl halides is 3. The number of aromatic nitrogens is 3. The Bertz CT molecular complexity index is 1640. The Labute approximate surface area is 264 Å². The van der Waals surface area contributed by atoms with Crippen molar-refractivity contribution in [3.05, 3.63) is 41.8 Å². The van der Waals surface area contributed by atoms with E-state index in [2.05, 4.69) is 14.9 Å². The summed E-state index contributed by atoms with van der Waals surface area (Å²) in [4.78, 5) is 32.7. The predicted octanol–water partition coefficient (Wildman–Crippen LogP) is 6.45. The van der Waals surface area contributed by atoms with Crippen LogP contribution in [0.4, 0.5) is 28.2 Å². The lowest BCUT2D eigenvalue weighted by Gasteiger charge is -2.42. The van der Waals surface area contributed by atoms with Gasteiger partial charge in [-0.25, -0.2) is 9.18 Å². The zero-order valence-corrected chi connectivity index (χ0v) is 26.2. The van der Waals surface area contributed by atoms with Gasteiger partial charge in [-0.15, -0.1) is 0 Å². The van der Waals surface area contributed by atoms with E-state index in [4.69, 9.17) is 14.5 Å². The molecule has 0 spiro atoms. The molecule has 4 aliphatic rings. The molecule has 0 N–H and O–H groups in total. The molecule has 9 nitrogen and oxygen atoms in total. The number of carbonyl (C=O) groups is 1. The van der Waals surface area contributed by atoms with Crippen LogP contribution >= 0.6 is 0 Å². The molecule has 7 rings (SSSR count). The number of pyridine rings is 1. The van der Waals surface area contributed by atoms with Gasteiger partial charge >= 0.3 is 18.3 Å². The van der Waals surface area contributed by atoms with Crippen LogP contribution in [-0.2, 0) is 10.9 Å². The minimum absolute atomic E-state index is 0.0299. The van der Waals surface area contributed by atoms with Crippen LogP contribution in [0.15, 0.2) is 30.5 Å². The number of hydrogen-bond donors (Lipinski definition) is 0. The van der Waals surface area contributed by atoms with Gasteiger partial charge in [-0.2, -0.15) is 23.1 Å². The summed E-state index contributed by atoms with van der Waals surface area (Å²) in [6.07, 6.45) is 1.93. The third kappa shape index (κ3) is 5.50. The third-order valence-electron chi connectivity index (χ3n) is 9.80. The first-order valence-electron chi connectivity index (χ1n) is 16.0. The molecule has 246 valence electrons. The molecular weight excluding hydrogens is 604 g/mol. The topological polar surface area (TPSA) is 83.9 Å². The zero-order chi connectivity index (χ0) is 32.4. The monoisotopic (exact) mass is 642 g/mol. The fourth-order valence-electron chi connectivity index (χ4n) is 7.80. The van der Waals surface area contributed by atoms with E-state index < -0.39 is 28.9 Å². The number of carbonyl (C=O) groups excluding carboxylic acids is 1. The summed E-state index contributed by atoms with van der Waals surface area (Å²) in [7, 11) is 0. The third-order valence-corrected chi connectivity index (χ3v) is 9.80. The molecule has 4 fully saturated rings. The Hall–Kier alpha value is -3.74. The van der Waals surface area contributed by atoms with Gasteiger partial charge in [0, 0.05) is 24.8 Å². The minimum Gasteiger partial charge on any atom is -0.461 e.